The second-order valence-corrected chi connectivity index (χ2v) is 4.34. The molecule has 1 rings (SSSR count). The van der Waals surface area contributed by atoms with Gasteiger partial charge in [-0.25, -0.2) is 0 Å². The molecule has 0 atom stereocenters. The van der Waals surface area contributed by atoms with Crippen molar-refractivity contribution in [2.24, 2.45) is 0 Å². The molecule has 0 aliphatic rings. The maximum atomic E-state index is 11.5. The van der Waals surface area contributed by atoms with E-state index >= 15 is 0 Å². The van der Waals surface area contributed by atoms with E-state index in [1.807, 2.05) is 6.92 Å². The van der Waals surface area contributed by atoms with Crippen LogP contribution in [0, 0.1) is 0 Å². The Morgan fingerprint density at radius 1 is 1.24 bits per heavy atom. The molecule has 0 N–H and O–H groups in total. The average Bonchev–Trinajstić information content (AvgIpc) is 2.45. The summed E-state index contributed by atoms with van der Waals surface area (Å²) in [5.74, 6) is 0.270. The largest absolute Gasteiger partial charge is 0.493 e. The van der Waals surface area contributed by atoms with Crippen molar-refractivity contribution < 1.29 is 23.8 Å². The summed E-state index contributed by atoms with van der Waals surface area (Å²) in [4.78, 5) is 22.1. The van der Waals surface area contributed by atoms with E-state index in [4.69, 9.17) is 14.2 Å². The summed E-state index contributed by atoms with van der Waals surface area (Å²) in [6.45, 7) is 3.48. The van der Waals surface area contributed by atoms with Gasteiger partial charge in [-0.05, 0) is 30.2 Å². The van der Waals surface area contributed by atoms with Crippen LogP contribution >= 0.6 is 0 Å². The zero-order chi connectivity index (χ0) is 15.7. The number of ether oxygens (including phenoxy) is 3. The Balaban J connectivity index is 2.73. The number of benzene rings is 1. The number of methoxy groups -OCH3 is 1. The molecule has 0 radical (unpaired) electrons. The van der Waals surface area contributed by atoms with Gasteiger partial charge < -0.3 is 14.2 Å². The molecular weight excluding hydrogens is 272 g/mol. The monoisotopic (exact) mass is 292 g/mol. The van der Waals surface area contributed by atoms with E-state index in [9.17, 15) is 9.59 Å². The van der Waals surface area contributed by atoms with Crippen molar-refractivity contribution in [1.82, 2.24) is 0 Å². The maximum absolute atomic E-state index is 11.5. The molecule has 0 aromatic heterocycles. The second-order valence-electron chi connectivity index (χ2n) is 4.34. The maximum Gasteiger partial charge on any atom is 0.311 e. The molecule has 114 valence electrons. The summed E-state index contributed by atoms with van der Waals surface area (Å²) in [7, 11) is 1.51. The third kappa shape index (κ3) is 6.12. The summed E-state index contributed by atoms with van der Waals surface area (Å²) < 4.78 is 15.2. The molecule has 5 nitrogen and oxygen atoms in total. The molecule has 0 aliphatic carbocycles. The molecule has 0 unspecified atom stereocenters. The van der Waals surface area contributed by atoms with Crippen molar-refractivity contribution in [3.05, 3.63) is 29.8 Å². The van der Waals surface area contributed by atoms with Crippen LogP contribution in [0.3, 0.4) is 0 Å². The second kappa shape index (κ2) is 8.79. The molecule has 0 fully saturated rings. The fourth-order valence-electron chi connectivity index (χ4n) is 1.60. The molecule has 0 saturated carbocycles. The Morgan fingerprint density at radius 2 is 2.00 bits per heavy atom. The Hall–Kier alpha value is -2.30. The smallest absolute Gasteiger partial charge is 0.311 e. The first-order chi connectivity index (χ1) is 10.1. The lowest BCUT2D eigenvalue weighted by Crippen LogP contribution is -2.07. The topological polar surface area (TPSA) is 61.8 Å². The molecule has 0 spiro atoms. The normalized spacial score (nSPS) is 10.4. The van der Waals surface area contributed by atoms with Gasteiger partial charge in [-0.15, -0.1) is 0 Å². The summed E-state index contributed by atoms with van der Waals surface area (Å²) >= 11 is 0. The van der Waals surface area contributed by atoms with Crippen LogP contribution in [0.1, 0.15) is 32.3 Å². The number of carbonyl (C=O) groups is 2. The van der Waals surface area contributed by atoms with Gasteiger partial charge in [0.25, 0.3) is 0 Å². The molecule has 0 heterocycles. The Kier molecular flexibility index (Phi) is 7.01. The van der Waals surface area contributed by atoms with Gasteiger partial charge in [0.1, 0.15) is 6.61 Å². The molecule has 21 heavy (non-hydrogen) atoms. The highest BCUT2D eigenvalue weighted by atomic mass is 16.6. The van der Waals surface area contributed by atoms with Crippen molar-refractivity contribution in [2.45, 2.75) is 26.7 Å². The van der Waals surface area contributed by atoms with Crippen LogP contribution in [0.5, 0.6) is 11.5 Å². The van der Waals surface area contributed by atoms with Gasteiger partial charge in [-0.2, -0.15) is 0 Å². The van der Waals surface area contributed by atoms with Gasteiger partial charge >= 0.3 is 11.9 Å². The minimum absolute atomic E-state index is 0.213. The first kappa shape index (κ1) is 16.8. The van der Waals surface area contributed by atoms with Crippen LogP contribution in [0.2, 0.25) is 0 Å². The van der Waals surface area contributed by atoms with Crippen molar-refractivity contribution in [3.8, 4) is 11.5 Å². The molecule has 5 heteroatoms. The zero-order valence-electron chi connectivity index (χ0n) is 12.5. The van der Waals surface area contributed by atoms with E-state index in [2.05, 4.69) is 0 Å². The number of carbonyl (C=O) groups excluding carboxylic acids is 2. The number of esters is 2. The Bertz CT molecular complexity index is 519. The molecular formula is C16H20O5. The predicted octanol–water partition coefficient (Wildman–Crippen LogP) is 2.98. The van der Waals surface area contributed by atoms with Crippen LogP contribution in [-0.4, -0.2) is 25.7 Å². The van der Waals surface area contributed by atoms with Crippen LogP contribution in [0.15, 0.2) is 24.3 Å². The van der Waals surface area contributed by atoms with Crippen LogP contribution in [0.4, 0.5) is 0 Å². The summed E-state index contributed by atoms with van der Waals surface area (Å²) in [6.07, 6.45) is 4.62. The van der Waals surface area contributed by atoms with Crippen molar-refractivity contribution in [3.63, 3.8) is 0 Å². The van der Waals surface area contributed by atoms with E-state index < -0.39 is 0 Å². The van der Waals surface area contributed by atoms with Gasteiger partial charge in [0.2, 0.25) is 0 Å². The van der Waals surface area contributed by atoms with Gasteiger partial charge in [-0.1, -0.05) is 19.1 Å². The lowest BCUT2D eigenvalue weighted by atomic mass is 10.2. The van der Waals surface area contributed by atoms with Gasteiger partial charge in [0.05, 0.1) is 7.11 Å². The third-order valence-corrected chi connectivity index (χ3v) is 2.56. The van der Waals surface area contributed by atoms with Gasteiger partial charge in [-0.3, -0.25) is 9.59 Å². The minimum Gasteiger partial charge on any atom is -0.493 e. The molecule has 1 aromatic rings. The first-order valence-electron chi connectivity index (χ1n) is 6.75. The Morgan fingerprint density at radius 3 is 2.62 bits per heavy atom. The van der Waals surface area contributed by atoms with Crippen LogP contribution in [0.25, 0.3) is 6.08 Å². The summed E-state index contributed by atoms with van der Waals surface area (Å²) in [5.41, 5.74) is 0.856. The van der Waals surface area contributed by atoms with Gasteiger partial charge in [0, 0.05) is 13.3 Å². The van der Waals surface area contributed by atoms with E-state index in [1.165, 1.54) is 14.0 Å². The number of hydrogen-bond donors (Lipinski definition) is 0. The fraction of sp³-hybridized carbons (Fsp3) is 0.375. The van der Waals surface area contributed by atoms with Crippen molar-refractivity contribution in [1.29, 1.82) is 0 Å². The number of rotatable bonds is 7. The van der Waals surface area contributed by atoms with E-state index in [0.29, 0.717) is 17.9 Å². The van der Waals surface area contributed by atoms with Crippen LogP contribution < -0.4 is 9.47 Å². The highest BCUT2D eigenvalue weighted by molar-refractivity contribution is 5.73. The molecule has 0 aliphatic heterocycles. The summed E-state index contributed by atoms with van der Waals surface area (Å²) in [6, 6.07) is 5.22. The third-order valence-electron chi connectivity index (χ3n) is 2.56. The molecule has 0 amide bonds. The Labute approximate surface area is 124 Å². The highest BCUT2D eigenvalue weighted by Crippen LogP contribution is 2.29. The standard InChI is InChI=1S/C16H20O5/c1-4-6-16(18)21-14-9-8-13(11-15(14)19-3)7-5-10-20-12(2)17/h5,7-9,11H,4,6,10H2,1-3H3/b7-5+. The lowest BCUT2D eigenvalue weighted by Gasteiger charge is -2.09. The average molecular weight is 292 g/mol. The number of hydrogen-bond acceptors (Lipinski definition) is 5. The fourth-order valence-corrected chi connectivity index (χ4v) is 1.60. The van der Waals surface area contributed by atoms with Crippen LogP contribution in [-0.2, 0) is 14.3 Å². The molecule has 0 bridgehead atoms. The van der Waals surface area contributed by atoms with Crippen molar-refractivity contribution >= 4 is 18.0 Å². The zero-order valence-corrected chi connectivity index (χ0v) is 12.5. The lowest BCUT2D eigenvalue weighted by molar-refractivity contribution is -0.139. The van der Waals surface area contributed by atoms with E-state index in [0.717, 1.165) is 12.0 Å². The first-order valence-corrected chi connectivity index (χ1v) is 6.75. The summed E-state index contributed by atoms with van der Waals surface area (Å²) in [5, 5.41) is 0. The highest BCUT2D eigenvalue weighted by Gasteiger charge is 2.09. The predicted molar refractivity (Wildman–Crippen MR) is 79.2 cm³/mol. The van der Waals surface area contributed by atoms with Crippen molar-refractivity contribution in [2.75, 3.05) is 13.7 Å². The van der Waals surface area contributed by atoms with Gasteiger partial charge in [0.15, 0.2) is 11.5 Å². The molecule has 1 aromatic carbocycles. The minimum atomic E-state index is -0.324. The molecule has 0 saturated heterocycles. The van der Waals surface area contributed by atoms with E-state index in [1.54, 1.807) is 30.4 Å². The SMILES string of the molecule is CCCC(=O)Oc1ccc(/C=C/COC(C)=O)cc1OC. The quantitative estimate of drug-likeness (QED) is 0.571. The van der Waals surface area contributed by atoms with E-state index in [-0.39, 0.29) is 18.5 Å².